The first-order chi connectivity index (χ1) is 16.0. The van der Waals surface area contributed by atoms with Crippen LogP contribution in [-0.2, 0) is 16.6 Å². The number of aliphatic hydroxyl groups is 1. The van der Waals surface area contributed by atoms with Crippen LogP contribution >= 0.6 is 0 Å². The smallest absolute Gasteiger partial charge is 0.270 e. The number of hydrogen-bond donors (Lipinski definition) is 6. The molecule has 0 radical (unpaired) electrons. The van der Waals surface area contributed by atoms with E-state index in [1.54, 1.807) is 36.3 Å². The van der Waals surface area contributed by atoms with Crippen molar-refractivity contribution in [2.75, 3.05) is 12.4 Å². The lowest BCUT2D eigenvalue weighted by Crippen LogP contribution is -2.51. The van der Waals surface area contributed by atoms with Gasteiger partial charge in [-0.05, 0) is 25.0 Å². The van der Waals surface area contributed by atoms with Crippen LogP contribution in [0, 0.1) is 5.92 Å². The summed E-state index contributed by atoms with van der Waals surface area (Å²) >= 11 is 0. The van der Waals surface area contributed by atoms with E-state index in [4.69, 9.17) is 16.2 Å². The van der Waals surface area contributed by atoms with Crippen molar-refractivity contribution in [2.24, 2.45) is 24.4 Å². The Morgan fingerprint density at radius 1 is 1.32 bits per heavy atom. The van der Waals surface area contributed by atoms with Gasteiger partial charge in [-0.25, -0.2) is 4.98 Å². The standard InChI is InChI=1S/C20H28B2N8O4/c1-30-9-25-17(29-30)11-4-3-5-12(16(11)34-2)26-13(15(24)19(32)28-20(21,22)33)8-14(23)27-18(31)10-6-7-10/h3-5,8-10,26,33H,6-7,21-24H2,1-2H3,(H,27,31)(H,28,32)/b14-8+,15-13+. The lowest BCUT2D eigenvalue weighted by molar-refractivity contribution is -0.121. The molecule has 0 unspecified atom stereocenters. The summed E-state index contributed by atoms with van der Waals surface area (Å²) in [6.45, 7) is 0. The van der Waals surface area contributed by atoms with Crippen LogP contribution in [0.25, 0.3) is 11.4 Å². The summed E-state index contributed by atoms with van der Waals surface area (Å²) in [5.74, 6) is -0.169. The number of aryl methyl sites for hydroxylation is 1. The number of benzene rings is 1. The Kier molecular flexibility index (Phi) is 7.20. The van der Waals surface area contributed by atoms with Crippen molar-refractivity contribution >= 4 is 33.2 Å². The summed E-state index contributed by atoms with van der Waals surface area (Å²) in [5.41, 5.74) is 11.5. The van der Waals surface area contributed by atoms with Crippen molar-refractivity contribution in [1.82, 2.24) is 25.4 Å². The van der Waals surface area contributed by atoms with Gasteiger partial charge in [0, 0.05) is 19.0 Å². The molecule has 0 saturated heterocycles. The topological polar surface area (TPSA) is 182 Å². The molecular weight excluding hydrogens is 438 g/mol. The van der Waals surface area contributed by atoms with Crippen LogP contribution in [0.3, 0.4) is 0 Å². The normalized spacial score (nSPS) is 14.7. The van der Waals surface area contributed by atoms with Gasteiger partial charge in [-0.1, -0.05) is 6.07 Å². The van der Waals surface area contributed by atoms with E-state index in [1.165, 1.54) is 28.9 Å². The third-order valence-electron chi connectivity index (χ3n) is 4.80. The number of rotatable bonds is 9. The molecule has 34 heavy (non-hydrogen) atoms. The Morgan fingerprint density at radius 3 is 2.59 bits per heavy atom. The van der Waals surface area contributed by atoms with Gasteiger partial charge >= 0.3 is 0 Å². The number of nitrogens with one attached hydrogen (secondary N) is 3. The molecule has 1 aliphatic carbocycles. The van der Waals surface area contributed by atoms with Crippen LogP contribution in [0.5, 0.6) is 5.75 Å². The molecule has 1 saturated carbocycles. The molecule has 0 bridgehead atoms. The van der Waals surface area contributed by atoms with E-state index >= 15 is 0 Å². The van der Waals surface area contributed by atoms with Gasteiger partial charge in [-0.3, -0.25) is 14.3 Å². The van der Waals surface area contributed by atoms with E-state index in [0.717, 1.165) is 12.8 Å². The first-order valence-electron chi connectivity index (χ1n) is 10.6. The number of nitrogens with two attached hydrogens (primary N) is 2. The molecule has 1 aromatic heterocycles. The number of carbonyl (C=O) groups is 2. The van der Waals surface area contributed by atoms with Gasteiger partial charge in [0.1, 0.15) is 17.8 Å². The summed E-state index contributed by atoms with van der Waals surface area (Å²) in [4.78, 5) is 29.0. The fraction of sp³-hybridized carbons (Fsp3) is 0.300. The summed E-state index contributed by atoms with van der Waals surface area (Å²) in [5, 5.41) is 22.3. The van der Waals surface area contributed by atoms with E-state index in [0.29, 0.717) is 22.8 Å². The largest absolute Gasteiger partial charge is 0.494 e. The highest BCUT2D eigenvalue weighted by Crippen LogP contribution is 2.35. The molecule has 14 heteroatoms. The number of para-hydroxylation sites is 1. The lowest BCUT2D eigenvalue weighted by atomic mass is 9.73. The van der Waals surface area contributed by atoms with Crippen LogP contribution in [0.1, 0.15) is 12.8 Å². The molecule has 1 aromatic carbocycles. The van der Waals surface area contributed by atoms with Crippen molar-refractivity contribution in [1.29, 1.82) is 0 Å². The van der Waals surface area contributed by atoms with Crippen LogP contribution in [0.4, 0.5) is 5.69 Å². The molecule has 0 atom stereocenters. The monoisotopic (exact) mass is 466 g/mol. The van der Waals surface area contributed by atoms with Gasteiger partial charge in [0.15, 0.2) is 27.3 Å². The molecule has 178 valence electrons. The number of allylic oxidation sites excluding steroid dienone is 1. The van der Waals surface area contributed by atoms with E-state index < -0.39 is 11.4 Å². The van der Waals surface area contributed by atoms with Crippen molar-refractivity contribution in [2.45, 2.75) is 18.4 Å². The van der Waals surface area contributed by atoms with Crippen LogP contribution in [-0.4, -0.2) is 60.0 Å². The van der Waals surface area contributed by atoms with Gasteiger partial charge in [0.25, 0.3) is 5.91 Å². The molecule has 2 aromatic rings. The molecule has 12 nitrogen and oxygen atoms in total. The second-order valence-corrected chi connectivity index (χ2v) is 8.46. The minimum Gasteiger partial charge on any atom is -0.494 e. The van der Waals surface area contributed by atoms with Crippen LogP contribution < -0.4 is 32.2 Å². The van der Waals surface area contributed by atoms with Gasteiger partial charge in [-0.2, -0.15) is 5.10 Å². The van der Waals surface area contributed by atoms with Crippen molar-refractivity contribution in [3.63, 3.8) is 0 Å². The Balaban J connectivity index is 2.00. The zero-order chi connectivity index (χ0) is 25.0. The Labute approximate surface area is 198 Å². The molecule has 1 heterocycles. The average Bonchev–Trinajstić information content (AvgIpc) is 3.52. The highest BCUT2D eigenvalue weighted by molar-refractivity contribution is 6.39. The maximum atomic E-state index is 12.7. The number of ether oxygens (including phenoxy) is 1. The van der Waals surface area contributed by atoms with Gasteiger partial charge in [0.05, 0.1) is 29.6 Å². The summed E-state index contributed by atoms with van der Waals surface area (Å²) in [6.07, 6.45) is 4.51. The van der Waals surface area contributed by atoms with Gasteiger partial charge < -0.3 is 37.3 Å². The average molecular weight is 466 g/mol. The Morgan fingerprint density at radius 2 is 2.03 bits per heavy atom. The number of amides is 2. The molecule has 0 aliphatic heterocycles. The third-order valence-corrected chi connectivity index (χ3v) is 4.80. The van der Waals surface area contributed by atoms with E-state index in [2.05, 4.69) is 26.0 Å². The second-order valence-electron chi connectivity index (χ2n) is 8.46. The van der Waals surface area contributed by atoms with Crippen molar-refractivity contribution < 1.29 is 19.4 Å². The Bertz CT molecular complexity index is 1150. The predicted molar refractivity (Wildman–Crippen MR) is 131 cm³/mol. The molecule has 1 fully saturated rings. The number of anilines is 1. The summed E-state index contributed by atoms with van der Waals surface area (Å²) < 4.78 is 7.15. The Hall–Kier alpha value is -3.93. The molecule has 2 amide bonds. The highest BCUT2D eigenvalue weighted by atomic mass is 16.5. The second kappa shape index (κ2) is 9.91. The molecule has 8 N–H and O–H groups in total. The summed E-state index contributed by atoms with van der Waals surface area (Å²) in [7, 11) is 6.04. The van der Waals surface area contributed by atoms with Crippen molar-refractivity contribution in [3.8, 4) is 17.1 Å². The first kappa shape index (κ1) is 24.7. The SMILES string of the molecule is BC(B)(O)NC(=O)/C(N)=C(/C=C(\N)NC(=O)C1CC1)Nc1cccc(-c2ncn(C)n2)c1OC. The van der Waals surface area contributed by atoms with Crippen molar-refractivity contribution in [3.05, 3.63) is 47.8 Å². The zero-order valence-electron chi connectivity index (χ0n) is 19.5. The minimum atomic E-state index is -1.51. The highest BCUT2D eigenvalue weighted by Gasteiger charge is 2.30. The molecule has 3 rings (SSSR count). The number of carbonyl (C=O) groups excluding carboxylic acids is 2. The van der Waals surface area contributed by atoms with Crippen LogP contribution in [0.2, 0.25) is 0 Å². The first-order valence-corrected chi connectivity index (χ1v) is 10.6. The van der Waals surface area contributed by atoms with E-state index in [1.807, 2.05) is 0 Å². The van der Waals surface area contributed by atoms with E-state index in [-0.39, 0.29) is 29.0 Å². The van der Waals surface area contributed by atoms with E-state index in [9.17, 15) is 14.7 Å². The number of aromatic nitrogens is 3. The number of nitrogens with zero attached hydrogens (tertiary/aromatic N) is 3. The number of methoxy groups -OCH3 is 1. The van der Waals surface area contributed by atoms with Gasteiger partial charge in [-0.15, -0.1) is 0 Å². The fourth-order valence-electron chi connectivity index (χ4n) is 3.07. The van der Waals surface area contributed by atoms with Gasteiger partial charge in [0.2, 0.25) is 5.91 Å². The molecular formula is C20H28B2N8O4. The maximum Gasteiger partial charge on any atom is 0.270 e. The lowest BCUT2D eigenvalue weighted by Gasteiger charge is -2.21. The fourth-order valence-corrected chi connectivity index (χ4v) is 3.07. The molecule has 0 spiro atoms. The minimum absolute atomic E-state index is 0.0000715. The third kappa shape index (κ3) is 6.32. The zero-order valence-corrected chi connectivity index (χ0v) is 19.5. The number of hydrogen-bond acceptors (Lipinski definition) is 9. The summed E-state index contributed by atoms with van der Waals surface area (Å²) in [6, 6.07) is 5.25. The predicted octanol–water partition coefficient (Wildman–Crippen LogP) is -2.61. The van der Waals surface area contributed by atoms with Crippen LogP contribution in [0.15, 0.2) is 47.8 Å². The quantitative estimate of drug-likeness (QED) is 0.0998. The molecule has 1 aliphatic rings. The maximum absolute atomic E-state index is 12.7.